The minimum absolute atomic E-state index is 0.0379. The lowest BCUT2D eigenvalue weighted by atomic mass is 10.1. The van der Waals surface area contributed by atoms with Gasteiger partial charge in [-0.3, -0.25) is 0 Å². The number of nitrogens with one attached hydrogen (secondary N) is 1. The number of carbonyl (C=O) groups excluding carboxylic acids is 1. The number of phenolic OH excluding ortho intramolecular Hbond substituents is 1. The van der Waals surface area contributed by atoms with E-state index in [4.69, 9.17) is 10.5 Å². The van der Waals surface area contributed by atoms with Crippen molar-refractivity contribution in [3.8, 4) is 11.5 Å². The summed E-state index contributed by atoms with van der Waals surface area (Å²) < 4.78 is 9.63. The molecule has 0 aliphatic rings. The van der Waals surface area contributed by atoms with Crippen LogP contribution in [0, 0.1) is 0 Å². The molecule has 0 fully saturated rings. The quantitative estimate of drug-likeness (QED) is 0.662. The number of phenols is 1. The normalized spacial score (nSPS) is 11.9. The van der Waals surface area contributed by atoms with Crippen LogP contribution >= 0.6 is 0 Å². The highest BCUT2D eigenvalue weighted by Gasteiger charge is 2.08. The molecule has 1 unspecified atom stereocenters. The molecule has 1 aromatic carbocycles. The Kier molecular flexibility index (Phi) is 5.26. The SMILES string of the molecule is COc1cc(C(C)NCCOC(N)=O)ccc1O. The van der Waals surface area contributed by atoms with Crippen molar-refractivity contribution >= 4 is 6.09 Å². The third kappa shape index (κ3) is 4.14. The van der Waals surface area contributed by atoms with E-state index in [0.29, 0.717) is 12.3 Å². The maximum Gasteiger partial charge on any atom is 0.404 e. The standard InChI is InChI=1S/C12H18N2O4/c1-8(14-5-6-18-12(13)16)9-3-4-10(15)11(7-9)17-2/h3-4,7-8,14-15H,5-6H2,1-2H3,(H2,13,16). The predicted molar refractivity (Wildman–Crippen MR) is 66.6 cm³/mol. The van der Waals surface area contributed by atoms with E-state index in [1.165, 1.54) is 7.11 Å². The zero-order chi connectivity index (χ0) is 13.5. The molecule has 1 atom stereocenters. The van der Waals surface area contributed by atoms with Crippen molar-refractivity contribution in [3.63, 3.8) is 0 Å². The Balaban J connectivity index is 2.50. The lowest BCUT2D eigenvalue weighted by molar-refractivity contribution is 0.156. The minimum Gasteiger partial charge on any atom is -0.504 e. The summed E-state index contributed by atoms with van der Waals surface area (Å²) in [5.74, 6) is 0.528. The zero-order valence-corrected chi connectivity index (χ0v) is 10.5. The van der Waals surface area contributed by atoms with Crippen LogP contribution in [-0.4, -0.2) is 31.5 Å². The van der Waals surface area contributed by atoms with E-state index in [1.54, 1.807) is 18.2 Å². The molecule has 6 nitrogen and oxygen atoms in total. The monoisotopic (exact) mass is 254 g/mol. The zero-order valence-electron chi connectivity index (χ0n) is 10.5. The van der Waals surface area contributed by atoms with Crippen molar-refractivity contribution < 1.29 is 19.4 Å². The molecule has 0 aliphatic heterocycles. The van der Waals surface area contributed by atoms with E-state index in [-0.39, 0.29) is 18.4 Å². The van der Waals surface area contributed by atoms with E-state index in [9.17, 15) is 9.90 Å². The molecule has 0 heterocycles. The lowest BCUT2D eigenvalue weighted by Gasteiger charge is -2.15. The maximum absolute atomic E-state index is 10.4. The Morgan fingerprint density at radius 2 is 2.28 bits per heavy atom. The van der Waals surface area contributed by atoms with Crippen molar-refractivity contribution in [3.05, 3.63) is 23.8 Å². The van der Waals surface area contributed by atoms with E-state index in [2.05, 4.69) is 10.1 Å². The van der Waals surface area contributed by atoms with Gasteiger partial charge < -0.3 is 25.6 Å². The average Bonchev–Trinajstić information content (AvgIpc) is 2.34. The van der Waals surface area contributed by atoms with Crippen molar-refractivity contribution in [2.24, 2.45) is 5.73 Å². The van der Waals surface area contributed by atoms with Crippen LogP contribution in [0.2, 0.25) is 0 Å². The van der Waals surface area contributed by atoms with Gasteiger partial charge in [0, 0.05) is 12.6 Å². The van der Waals surface area contributed by atoms with E-state index in [0.717, 1.165) is 5.56 Å². The van der Waals surface area contributed by atoms with Gasteiger partial charge in [0.25, 0.3) is 0 Å². The van der Waals surface area contributed by atoms with Crippen LogP contribution in [-0.2, 0) is 4.74 Å². The summed E-state index contributed by atoms with van der Waals surface area (Å²) in [5.41, 5.74) is 5.80. The Labute approximate surface area is 106 Å². The maximum atomic E-state index is 10.4. The van der Waals surface area contributed by atoms with Gasteiger partial charge in [-0.1, -0.05) is 6.07 Å². The number of methoxy groups -OCH3 is 1. The first-order valence-electron chi connectivity index (χ1n) is 5.57. The number of nitrogens with two attached hydrogens (primary N) is 1. The fourth-order valence-corrected chi connectivity index (χ4v) is 1.51. The van der Waals surface area contributed by atoms with E-state index in [1.807, 2.05) is 6.92 Å². The number of hydrogen-bond donors (Lipinski definition) is 3. The number of benzene rings is 1. The summed E-state index contributed by atoms with van der Waals surface area (Å²) in [6.45, 7) is 2.66. The summed E-state index contributed by atoms with van der Waals surface area (Å²) in [7, 11) is 1.50. The summed E-state index contributed by atoms with van der Waals surface area (Å²) >= 11 is 0. The Bertz CT molecular complexity index is 409. The Morgan fingerprint density at radius 1 is 1.56 bits per heavy atom. The van der Waals surface area contributed by atoms with Gasteiger partial charge in [-0.15, -0.1) is 0 Å². The number of ether oxygens (including phenoxy) is 2. The first kappa shape index (κ1) is 14.1. The molecule has 100 valence electrons. The van der Waals surface area contributed by atoms with Crippen molar-refractivity contribution in [2.45, 2.75) is 13.0 Å². The smallest absolute Gasteiger partial charge is 0.404 e. The number of aromatic hydroxyl groups is 1. The largest absolute Gasteiger partial charge is 0.504 e. The molecule has 1 amide bonds. The van der Waals surface area contributed by atoms with Gasteiger partial charge in [-0.25, -0.2) is 4.79 Å². The molecule has 6 heteroatoms. The van der Waals surface area contributed by atoms with Crippen LogP contribution in [0.4, 0.5) is 4.79 Å². The minimum atomic E-state index is -0.782. The number of rotatable bonds is 6. The highest BCUT2D eigenvalue weighted by atomic mass is 16.5. The van der Waals surface area contributed by atoms with Gasteiger partial charge in [0.05, 0.1) is 7.11 Å². The van der Waals surface area contributed by atoms with Crippen molar-refractivity contribution in [1.29, 1.82) is 0 Å². The second-order valence-electron chi connectivity index (χ2n) is 3.77. The number of amides is 1. The molecule has 0 aliphatic carbocycles. The highest BCUT2D eigenvalue weighted by molar-refractivity contribution is 5.64. The van der Waals surface area contributed by atoms with Gasteiger partial charge in [0.1, 0.15) is 6.61 Å². The van der Waals surface area contributed by atoms with Crippen molar-refractivity contribution in [1.82, 2.24) is 5.32 Å². The topological polar surface area (TPSA) is 93.8 Å². The first-order valence-corrected chi connectivity index (χ1v) is 5.57. The summed E-state index contributed by atoms with van der Waals surface area (Å²) in [5, 5.41) is 12.6. The van der Waals surface area contributed by atoms with Crippen LogP contribution in [0.3, 0.4) is 0 Å². The molecule has 0 saturated heterocycles. The average molecular weight is 254 g/mol. The van der Waals surface area contributed by atoms with E-state index < -0.39 is 6.09 Å². The van der Waals surface area contributed by atoms with Crippen molar-refractivity contribution in [2.75, 3.05) is 20.3 Å². The number of carbonyl (C=O) groups is 1. The van der Waals surface area contributed by atoms with Gasteiger partial charge >= 0.3 is 6.09 Å². The lowest BCUT2D eigenvalue weighted by Crippen LogP contribution is -2.25. The van der Waals surface area contributed by atoms with Crippen LogP contribution < -0.4 is 15.8 Å². The summed E-state index contributed by atoms with van der Waals surface area (Å²) in [6.07, 6.45) is -0.782. The van der Waals surface area contributed by atoms with Crippen LogP contribution in [0.15, 0.2) is 18.2 Å². The molecule has 18 heavy (non-hydrogen) atoms. The van der Waals surface area contributed by atoms with Gasteiger partial charge in [0.15, 0.2) is 11.5 Å². The molecule has 4 N–H and O–H groups in total. The predicted octanol–water partition coefficient (Wildman–Crippen LogP) is 1.15. The molecule has 0 saturated carbocycles. The molecule has 0 radical (unpaired) electrons. The molecule has 1 aromatic rings. The molecule has 1 rings (SSSR count). The second kappa shape index (κ2) is 6.70. The van der Waals surface area contributed by atoms with Gasteiger partial charge in [-0.2, -0.15) is 0 Å². The molecule has 0 spiro atoms. The molecular formula is C12H18N2O4. The molecular weight excluding hydrogens is 236 g/mol. The fraction of sp³-hybridized carbons (Fsp3) is 0.417. The Hall–Kier alpha value is -1.95. The molecule has 0 bridgehead atoms. The third-order valence-electron chi connectivity index (χ3n) is 2.50. The highest BCUT2D eigenvalue weighted by Crippen LogP contribution is 2.28. The second-order valence-corrected chi connectivity index (χ2v) is 3.77. The Morgan fingerprint density at radius 3 is 2.89 bits per heavy atom. The summed E-state index contributed by atoms with van der Waals surface area (Å²) in [4.78, 5) is 10.4. The number of hydrogen-bond acceptors (Lipinski definition) is 5. The molecule has 0 aromatic heterocycles. The first-order chi connectivity index (χ1) is 8.54. The fourth-order valence-electron chi connectivity index (χ4n) is 1.51. The van der Waals surface area contributed by atoms with Crippen LogP contribution in [0.1, 0.15) is 18.5 Å². The third-order valence-corrected chi connectivity index (χ3v) is 2.50. The van der Waals surface area contributed by atoms with E-state index >= 15 is 0 Å². The van der Waals surface area contributed by atoms with Crippen LogP contribution in [0.5, 0.6) is 11.5 Å². The van der Waals surface area contributed by atoms with Crippen LogP contribution in [0.25, 0.3) is 0 Å². The summed E-state index contributed by atoms with van der Waals surface area (Å²) in [6, 6.07) is 5.16. The van der Waals surface area contributed by atoms with Gasteiger partial charge in [0.2, 0.25) is 0 Å². The number of primary amides is 1. The van der Waals surface area contributed by atoms with Gasteiger partial charge in [-0.05, 0) is 24.6 Å².